The van der Waals surface area contributed by atoms with Crippen LogP contribution in [0.5, 0.6) is 11.5 Å². The quantitative estimate of drug-likeness (QED) is 0.621. The lowest BCUT2D eigenvalue weighted by Crippen LogP contribution is -2.01. The molecule has 0 aromatic heterocycles. The SMILES string of the molecule is CCC(C)CC(Br)c1cc(OC)c(OC)cc1Br. The summed E-state index contributed by atoms with van der Waals surface area (Å²) in [4.78, 5) is 0.321. The van der Waals surface area contributed by atoms with Crippen molar-refractivity contribution in [3.8, 4) is 11.5 Å². The molecule has 1 aromatic carbocycles. The van der Waals surface area contributed by atoms with Gasteiger partial charge in [0, 0.05) is 9.30 Å². The first-order chi connectivity index (χ1) is 8.53. The minimum atomic E-state index is 0.321. The van der Waals surface area contributed by atoms with Gasteiger partial charge in [-0.05, 0) is 30.0 Å². The highest BCUT2D eigenvalue weighted by atomic mass is 79.9. The Kier molecular flexibility index (Phi) is 6.50. The molecule has 0 saturated heterocycles. The van der Waals surface area contributed by atoms with Gasteiger partial charge in [0.25, 0.3) is 0 Å². The van der Waals surface area contributed by atoms with E-state index in [4.69, 9.17) is 9.47 Å². The van der Waals surface area contributed by atoms with Crippen LogP contribution in [0.15, 0.2) is 16.6 Å². The molecule has 2 nitrogen and oxygen atoms in total. The fraction of sp³-hybridized carbons (Fsp3) is 0.571. The van der Waals surface area contributed by atoms with Gasteiger partial charge in [0.05, 0.1) is 14.2 Å². The van der Waals surface area contributed by atoms with Crippen molar-refractivity contribution in [1.82, 2.24) is 0 Å². The third-order valence-electron chi connectivity index (χ3n) is 3.15. The van der Waals surface area contributed by atoms with Crippen molar-refractivity contribution in [2.24, 2.45) is 5.92 Å². The molecule has 0 aliphatic rings. The number of alkyl halides is 1. The predicted octanol–water partition coefficient (Wildman–Crippen LogP) is 5.34. The molecule has 1 aromatic rings. The number of ether oxygens (including phenoxy) is 2. The summed E-state index contributed by atoms with van der Waals surface area (Å²) in [7, 11) is 3.31. The molecule has 4 heteroatoms. The van der Waals surface area contributed by atoms with Gasteiger partial charge in [-0.3, -0.25) is 0 Å². The number of rotatable bonds is 6. The summed E-state index contributed by atoms with van der Waals surface area (Å²) in [5, 5.41) is 0. The van der Waals surface area contributed by atoms with Gasteiger partial charge in [-0.2, -0.15) is 0 Å². The largest absolute Gasteiger partial charge is 0.493 e. The first-order valence-electron chi connectivity index (χ1n) is 6.08. The van der Waals surface area contributed by atoms with E-state index in [1.165, 1.54) is 12.0 Å². The summed E-state index contributed by atoms with van der Waals surface area (Å²) in [6.07, 6.45) is 2.29. The van der Waals surface area contributed by atoms with Crippen LogP contribution in [0.3, 0.4) is 0 Å². The minimum Gasteiger partial charge on any atom is -0.493 e. The number of halogens is 2. The van der Waals surface area contributed by atoms with Crippen molar-refractivity contribution in [2.75, 3.05) is 14.2 Å². The van der Waals surface area contributed by atoms with Crippen molar-refractivity contribution < 1.29 is 9.47 Å². The summed E-state index contributed by atoms with van der Waals surface area (Å²) in [5.74, 6) is 2.20. The third kappa shape index (κ3) is 3.89. The molecular formula is C14H20Br2O2. The van der Waals surface area contributed by atoms with Crippen molar-refractivity contribution in [3.63, 3.8) is 0 Å². The van der Waals surface area contributed by atoms with Crippen LogP contribution in [0, 0.1) is 5.92 Å². The van der Waals surface area contributed by atoms with Gasteiger partial charge in [0.1, 0.15) is 0 Å². The lowest BCUT2D eigenvalue weighted by atomic mass is 9.98. The highest BCUT2D eigenvalue weighted by Gasteiger charge is 2.17. The Morgan fingerprint density at radius 1 is 1.17 bits per heavy atom. The van der Waals surface area contributed by atoms with Crippen molar-refractivity contribution >= 4 is 31.9 Å². The van der Waals surface area contributed by atoms with Crippen molar-refractivity contribution in [3.05, 3.63) is 22.2 Å². The second kappa shape index (κ2) is 7.39. The maximum Gasteiger partial charge on any atom is 0.161 e. The van der Waals surface area contributed by atoms with Gasteiger partial charge in [0.15, 0.2) is 11.5 Å². The average Bonchev–Trinajstić information content (AvgIpc) is 2.37. The topological polar surface area (TPSA) is 18.5 Å². The minimum absolute atomic E-state index is 0.321. The second-order valence-corrected chi connectivity index (χ2v) is 6.41. The molecule has 2 unspecified atom stereocenters. The Balaban J connectivity index is 3.01. The van der Waals surface area contributed by atoms with Gasteiger partial charge >= 0.3 is 0 Å². The highest BCUT2D eigenvalue weighted by molar-refractivity contribution is 9.11. The van der Waals surface area contributed by atoms with E-state index >= 15 is 0 Å². The van der Waals surface area contributed by atoms with Gasteiger partial charge < -0.3 is 9.47 Å². The fourth-order valence-electron chi connectivity index (χ4n) is 1.76. The van der Waals surface area contributed by atoms with Crippen LogP contribution in [0.1, 0.15) is 37.1 Å². The van der Waals surface area contributed by atoms with E-state index in [0.29, 0.717) is 10.7 Å². The van der Waals surface area contributed by atoms with Crippen LogP contribution < -0.4 is 9.47 Å². The zero-order chi connectivity index (χ0) is 13.7. The summed E-state index contributed by atoms with van der Waals surface area (Å²) >= 11 is 7.36. The molecule has 0 aliphatic carbocycles. The number of benzene rings is 1. The number of methoxy groups -OCH3 is 2. The zero-order valence-electron chi connectivity index (χ0n) is 11.3. The molecule has 0 spiro atoms. The Labute approximate surface area is 126 Å². The van der Waals surface area contributed by atoms with E-state index in [2.05, 4.69) is 45.7 Å². The van der Waals surface area contributed by atoms with Crippen LogP contribution in [-0.4, -0.2) is 14.2 Å². The van der Waals surface area contributed by atoms with Crippen LogP contribution in [0.2, 0.25) is 0 Å². The van der Waals surface area contributed by atoms with E-state index in [1.807, 2.05) is 12.1 Å². The van der Waals surface area contributed by atoms with Crippen LogP contribution in [0.25, 0.3) is 0 Å². The number of hydrogen-bond donors (Lipinski definition) is 0. The summed E-state index contributed by atoms with van der Waals surface area (Å²) in [5.41, 5.74) is 1.20. The molecule has 1 rings (SSSR count). The molecule has 2 atom stereocenters. The first-order valence-corrected chi connectivity index (χ1v) is 7.79. The van der Waals surface area contributed by atoms with E-state index in [-0.39, 0.29) is 0 Å². The smallest absolute Gasteiger partial charge is 0.161 e. The van der Waals surface area contributed by atoms with Crippen molar-refractivity contribution in [1.29, 1.82) is 0 Å². The van der Waals surface area contributed by atoms with Gasteiger partial charge in [-0.15, -0.1) is 0 Å². The second-order valence-electron chi connectivity index (χ2n) is 4.45. The molecule has 0 radical (unpaired) electrons. The van der Waals surface area contributed by atoms with Gasteiger partial charge in [-0.25, -0.2) is 0 Å². The molecule has 0 amide bonds. The van der Waals surface area contributed by atoms with Crippen molar-refractivity contribution in [2.45, 2.75) is 31.5 Å². The molecule has 0 N–H and O–H groups in total. The normalized spacial score (nSPS) is 14.1. The first kappa shape index (κ1) is 15.8. The maximum atomic E-state index is 5.35. The summed E-state index contributed by atoms with van der Waals surface area (Å²) in [6.45, 7) is 4.48. The zero-order valence-corrected chi connectivity index (χ0v) is 14.5. The average molecular weight is 380 g/mol. The van der Waals surface area contributed by atoms with Crippen LogP contribution >= 0.6 is 31.9 Å². The predicted molar refractivity (Wildman–Crippen MR) is 83.0 cm³/mol. The summed E-state index contributed by atoms with van der Waals surface area (Å²) in [6, 6.07) is 3.99. The highest BCUT2D eigenvalue weighted by Crippen LogP contribution is 2.41. The Morgan fingerprint density at radius 2 is 1.72 bits per heavy atom. The lowest BCUT2D eigenvalue weighted by molar-refractivity contribution is 0.354. The fourth-order valence-corrected chi connectivity index (χ4v) is 3.68. The molecule has 0 fully saturated rings. The summed E-state index contributed by atoms with van der Waals surface area (Å²) < 4.78 is 11.7. The Morgan fingerprint density at radius 3 is 2.22 bits per heavy atom. The standard InChI is InChI=1S/C14H20Br2O2/c1-5-9(2)6-11(15)10-7-13(17-3)14(18-4)8-12(10)16/h7-9,11H,5-6H2,1-4H3. The molecule has 0 saturated carbocycles. The Hall–Kier alpha value is -0.220. The van der Waals surface area contributed by atoms with E-state index in [1.54, 1.807) is 14.2 Å². The molecule has 0 bridgehead atoms. The van der Waals surface area contributed by atoms with E-state index in [0.717, 1.165) is 22.4 Å². The molecule has 0 aliphatic heterocycles. The van der Waals surface area contributed by atoms with E-state index in [9.17, 15) is 0 Å². The maximum absolute atomic E-state index is 5.35. The van der Waals surface area contributed by atoms with Crippen LogP contribution in [0.4, 0.5) is 0 Å². The molecule has 18 heavy (non-hydrogen) atoms. The van der Waals surface area contributed by atoms with Gasteiger partial charge in [-0.1, -0.05) is 52.1 Å². The molecule has 0 heterocycles. The molecule has 102 valence electrons. The molecular weight excluding hydrogens is 360 g/mol. The van der Waals surface area contributed by atoms with E-state index < -0.39 is 0 Å². The monoisotopic (exact) mass is 378 g/mol. The Bertz CT molecular complexity index is 394. The van der Waals surface area contributed by atoms with Gasteiger partial charge in [0.2, 0.25) is 0 Å². The lowest BCUT2D eigenvalue weighted by Gasteiger charge is -2.18. The van der Waals surface area contributed by atoms with Crippen LogP contribution in [-0.2, 0) is 0 Å². The third-order valence-corrected chi connectivity index (χ3v) is 4.70. The number of hydrogen-bond acceptors (Lipinski definition) is 2.